The number of aromatic nitrogens is 1. The first-order valence-electron chi connectivity index (χ1n) is 6.59. The van der Waals surface area contributed by atoms with Crippen LogP contribution in [-0.4, -0.2) is 29.7 Å². The van der Waals surface area contributed by atoms with Crippen molar-refractivity contribution in [2.45, 2.75) is 45.2 Å². The summed E-state index contributed by atoms with van der Waals surface area (Å²) in [6, 6.07) is 2.36. The average Bonchev–Trinajstić information content (AvgIpc) is 2.84. The van der Waals surface area contributed by atoms with Crippen LogP contribution >= 0.6 is 0 Å². The molecular weight excluding hydrogens is 230 g/mol. The Balaban J connectivity index is 1.79. The molecule has 2 N–H and O–H groups in total. The molecular formula is C13H21N3O2. The minimum absolute atomic E-state index is 0.0883. The van der Waals surface area contributed by atoms with Crippen molar-refractivity contribution < 1.29 is 9.32 Å². The van der Waals surface area contributed by atoms with Crippen LogP contribution in [0.1, 0.15) is 32.4 Å². The number of carbonyl (C=O) groups is 1. The highest BCUT2D eigenvalue weighted by molar-refractivity contribution is 5.76. The second kappa shape index (κ2) is 6.00. The van der Waals surface area contributed by atoms with E-state index in [1.165, 1.54) is 6.26 Å². The third-order valence-electron chi connectivity index (χ3n) is 3.64. The molecule has 2 rings (SSSR count). The fourth-order valence-corrected chi connectivity index (χ4v) is 2.47. The monoisotopic (exact) mass is 251 g/mol. The van der Waals surface area contributed by atoms with Crippen molar-refractivity contribution in [2.24, 2.45) is 5.92 Å². The van der Waals surface area contributed by atoms with Gasteiger partial charge in [0, 0.05) is 31.0 Å². The van der Waals surface area contributed by atoms with Crippen molar-refractivity contribution in [3.8, 4) is 0 Å². The Morgan fingerprint density at radius 2 is 2.44 bits per heavy atom. The lowest BCUT2D eigenvalue weighted by Crippen LogP contribution is -2.55. The molecule has 0 bridgehead atoms. The number of carbonyl (C=O) groups excluding carboxylic acids is 1. The fraction of sp³-hybridized carbons (Fsp3) is 0.692. The molecule has 0 spiro atoms. The maximum Gasteiger partial charge on any atom is 0.220 e. The van der Waals surface area contributed by atoms with Crippen LogP contribution in [-0.2, 0) is 11.2 Å². The molecule has 0 aliphatic carbocycles. The third kappa shape index (κ3) is 3.32. The SMILES string of the molecule is C[C@@H]1CCN[C@H](C)[C@@H]1NC(=O)CCc1ccon1. The highest BCUT2D eigenvalue weighted by Gasteiger charge is 2.28. The zero-order valence-corrected chi connectivity index (χ0v) is 11.0. The van der Waals surface area contributed by atoms with Gasteiger partial charge < -0.3 is 15.2 Å². The molecule has 0 aromatic carbocycles. The molecule has 1 fully saturated rings. The lowest BCUT2D eigenvalue weighted by Gasteiger charge is -2.36. The zero-order chi connectivity index (χ0) is 13.0. The summed E-state index contributed by atoms with van der Waals surface area (Å²) in [6.07, 6.45) is 3.73. The van der Waals surface area contributed by atoms with Crippen molar-refractivity contribution >= 4 is 5.91 Å². The van der Waals surface area contributed by atoms with Gasteiger partial charge in [-0.15, -0.1) is 0 Å². The van der Waals surface area contributed by atoms with Gasteiger partial charge in [0.05, 0.1) is 5.69 Å². The van der Waals surface area contributed by atoms with Gasteiger partial charge in [-0.1, -0.05) is 12.1 Å². The molecule has 0 radical (unpaired) electrons. The first kappa shape index (κ1) is 13.1. The van der Waals surface area contributed by atoms with Gasteiger partial charge in [-0.05, 0) is 25.8 Å². The van der Waals surface area contributed by atoms with Crippen LogP contribution in [0.5, 0.6) is 0 Å². The minimum atomic E-state index is 0.0883. The highest BCUT2D eigenvalue weighted by atomic mass is 16.5. The molecule has 3 atom stereocenters. The summed E-state index contributed by atoms with van der Waals surface area (Å²) >= 11 is 0. The molecule has 1 aromatic rings. The Morgan fingerprint density at radius 3 is 3.11 bits per heavy atom. The van der Waals surface area contributed by atoms with E-state index in [0.717, 1.165) is 18.7 Å². The van der Waals surface area contributed by atoms with Gasteiger partial charge in [-0.3, -0.25) is 4.79 Å². The van der Waals surface area contributed by atoms with Gasteiger partial charge >= 0.3 is 0 Å². The second-order valence-electron chi connectivity index (χ2n) is 5.09. The number of hydrogen-bond acceptors (Lipinski definition) is 4. The van der Waals surface area contributed by atoms with E-state index in [1.807, 2.05) is 0 Å². The summed E-state index contributed by atoms with van der Waals surface area (Å²) in [7, 11) is 0. The molecule has 2 heterocycles. The topological polar surface area (TPSA) is 67.2 Å². The molecule has 1 aliphatic rings. The first-order valence-corrected chi connectivity index (χ1v) is 6.59. The van der Waals surface area contributed by atoms with E-state index in [2.05, 4.69) is 29.6 Å². The van der Waals surface area contributed by atoms with Crippen LogP contribution in [0.2, 0.25) is 0 Å². The predicted molar refractivity (Wildman–Crippen MR) is 68.0 cm³/mol. The molecule has 1 aromatic heterocycles. The molecule has 1 amide bonds. The Labute approximate surface area is 107 Å². The average molecular weight is 251 g/mol. The summed E-state index contributed by atoms with van der Waals surface area (Å²) < 4.78 is 4.74. The predicted octanol–water partition coefficient (Wildman–Crippen LogP) is 1.11. The van der Waals surface area contributed by atoms with Crippen LogP contribution in [0.3, 0.4) is 0 Å². The lowest BCUT2D eigenvalue weighted by molar-refractivity contribution is -0.122. The highest BCUT2D eigenvalue weighted by Crippen LogP contribution is 2.16. The van der Waals surface area contributed by atoms with Crippen molar-refractivity contribution in [3.63, 3.8) is 0 Å². The van der Waals surface area contributed by atoms with Crippen molar-refractivity contribution in [1.82, 2.24) is 15.8 Å². The quantitative estimate of drug-likeness (QED) is 0.841. The van der Waals surface area contributed by atoms with Crippen molar-refractivity contribution in [2.75, 3.05) is 6.54 Å². The van der Waals surface area contributed by atoms with E-state index in [-0.39, 0.29) is 11.9 Å². The third-order valence-corrected chi connectivity index (χ3v) is 3.64. The largest absolute Gasteiger partial charge is 0.365 e. The van der Waals surface area contributed by atoms with E-state index in [9.17, 15) is 4.79 Å². The molecule has 5 nitrogen and oxygen atoms in total. The van der Waals surface area contributed by atoms with E-state index in [1.54, 1.807) is 6.07 Å². The number of rotatable bonds is 4. The molecule has 0 saturated carbocycles. The first-order chi connectivity index (χ1) is 8.66. The summed E-state index contributed by atoms with van der Waals surface area (Å²) in [6.45, 7) is 5.35. The summed E-state index contributed by atoms with van der Waals surface area (Å²) in [5.74, 6) is 0.614. The summed E-state index contributed by atoms with van der Waals surface area (Å²) in [5, 5.41) is 10.3. The van der Waals surface area contributed by atoms with Gasteiger partial charge in [0.25, 0.3) is 0 Å². The van der Waals surface area contributed by atoms with E-state index >= 15 is 0 Å². The van der Waals surface area contributed by atoms with Crippen LogP contribution < -0.4 is 10.6 Å². The Hall–Kier alpha value is -1.36. The lowest BCUT2D eigenvalue weighted by atomic mass is 9.89. The van der Waals surface area contributed by atoms with Crippen LogP contribution in [0.15, 0.2) is 16.9 Å². The Morgan fingerprint density at radius 1 is 1.61 bits per heavy atom. The smallest absolute Gasteiger partial charge is 0.220 e. The number of hydrogen-bond donors (Lipinski definition) is 2. The number of piperidine rings is 1. The van der Waals surface area contributed by atoms with E-state index in [4.69, 9.17) is 4.52 Å². The standard InChI is InChI=1S/C13H21N3O2/c1-9-5-7-14-10(2)13(9)15-12(17)4-3-11-6-8-18-16-11/h6,8-10,13-14H,3-5,7H2,1-2H3,(H,15,17)/t9-,10-,13-/m1/s1. The fourth-order valence-electron chi connectivity index (χ4n) is 2.47. The van der Waals surface area contributed by atoms with Gasteiger partial charge in [-0.2, -0.15) is 0 Å². The summed E-state index contributed by atoms with van der Waals surface area (Å²) in [4.78, 5) is 11.9. The molecule has 0 unspecified atom stereocenters. The zero-order valence-electron chi connectivity index (χ0n) is 11.0. The molecule has 1 saturated heterocycles. The number of nitrogens with zero attached hydrogens (tertiary/aromatic N) is 1. The summed E-state index contributed by atoms with van der Waals surface area (Å²) in [5.41, 5.74) is 0.827. The number of aryl methyl sites for hydroxylation is 1. The van der Waals surface area contributed by atoms with Gasteiger partial charge in [-0.25, -0.2) is 0 Å². The van der Waals surface area contributed by atoms with Gasteiger partial charge in [0.1, 0.15) is 6.26 Å². The number of amides is 1. The van der Waals surface area contributed by atoms with Crippen LogP contribution in [0.25, 0.3) is 0 Å². The Kier molecular flexibility index (Phi) is 4.36. The number of nitrogens with one attached hydrogen (secondary N) is 2. The van der Waals surface area contributed by atoms with E-state index in [0.29, 0.717) is 24.8 Å². The van der Waals surface area contributed by atoms with E-state index < -0.39 is 0 Å². The van der Waals surface area contributed by atoms with Crippen molar-refractivity contribution in [3.05, 3.63) is 18.0 Å². The molecule has 100 valence electrons. The van der Waals surface area contributed by atoms with Crippen molar-refractivity contribution in [1.29, 1.82) is 0 Å². The Bertz CT molecular complexity index is 368. The van der Waals surface area contributed by atoms with Gasteiger partial charge in [0.15, 0.2) is 0 Å². The van der Waals surface area contributed by atoms with Crippen LogP contribution in [0, 0.1) is 5.92 Å². The van der Waals surface area contributed by atoms with Gasteiger partial charge in [0.2, 0.25) is 5.91 Å². The normalized spacial score (nSPS) is 28.0. The minimum Gasteiger partial charge on any atom is -0.365 e. The maximum absolute atomic E-state index is 11.9. The second-order valence-corrected chi connectivity index (χ2v) is 5.09. The maximum atomic E-state index is 11.9. The molecule has 5 heteroatoms. The van der Waals surface area contributed by atoms with Crippen LogP contribution in [0.4, 0.5) is 0 Å². The molecule has 18 heavy (non-hydrogen) atoms. The molecule has 1 aliphatic heterocycles.